The maximum Gasteiger partial charge on any atom is 0.328 e. The lowest BCUT2D eigenvalue weighted by atomic mass is 10.2. The number of amides is 3. The van der Waals surface area contributed by atoms with E-state index in [0.717, 1.165) is 0 Å². The highest BCUT2D eigenvalue weighted by Gasteiger charge is 2.22. The predicted octanol–water partition coefficient (Wildman–Crippen LogP) is 5.56. The van der Waals surface area contributed by atoms with Gasteiger partial charge in [0.2, 0.25) is 0 Å². The van der Waals surface area contributed by atoms with Crippen LogP contribution in [-0.2, 0) is 9.59 Å². The topological polar surface area (TPSA) is 92.2 Å². The Morgan fingerprint density at radius 1 is 0.758 bits per heavy atom. The van der Waals surface area contributed by atoms with E-state index in [2.05, 4.69) is 16.1 Å². The van der Waals surface area contributed by atoms with Crippen LogP contribution in [0.15, 0.2) is 72.8 Å². The van der Waals surface area contributed by atoms with E-state index >= 15 is 0 Å². The van der Waals surface area contributed by atoms with Crippen molar-refractivity contribution in [3.63, 3.8) is 0 Å². The summed E-state index contributed by atoms with van der Waals surface area (Å²) in [5, 5.41) is 6.54. The summed E-state index contributed by atoms with van der Waals surface area (Å²) in [7, 11) is 0. The van der Waals surface area contributed by atoms with Crippen molar-refractivity contribution in [3.8, 4) is 0 Å². The monoisotopic (exact) mass is 500 g/mol. The van der Waals surface area contributed by atoms with Gasteiger partial charge in [-0.25, -0.2) is 4.68 Å². The van der Waals surface area contributed by atoms with Crippen molar-refractivity contribution in [1.82, 2.24) is 4.68 Å². The number of para-hydroxylation sites is 1. The molecule has 0 unspecified atom stereocenters. The van der Waals surface area contributed by atoms with E-state index in [-0.39, 0.29) is 21.4 Å². The molecule has 0 aliphatic rings. The Morgan fingerprint density at radius 3 is 2.27 bits per heavy atom. The van der Waals surface area contributed by atoms with Crippen molar-refractivity contribution in [2.24, 2.45) is 0 Å². The second kappa shape index (κ2) is 9.54. The maximum atomic E-state index is 13.0. The molecule has 10 heteroatoms. The van der Waals surface area contributed by atoms with Crippen molar-refractivity contribution >= 4 is 74.8 Å². The van der Waals surface area contributed by atoms with Crippen LogP contribution < -0.4 is 16.1 Å². The average Bonchev–Trinajstić information content (AvgIpc) is 3.15. The van der Waals surface area contributed by atoms with Crippen LogP contribution in [0, 0.1) is 0 Å². The summed E-state index contributed by atoms with van der Waals surface area (Å²) in [6.07, 6.45) is 0. The fourth-order valence-corrected chi connectivity index (χ4v) is 3.65. The first-order chi connectivity index (χ1) is 15.8. The van der Waals surface area contributed by atoms with Crippen molar-refractivity contribution < 1.29 is 14.4 Å². The Hall–Kier alpha value is -3.52. The molecular weight excluding hydrogens is 487 g/mol. The lowest BCUT2D eigenvalue weighted by Gasteiger charge is -2.13. The number of fused-ring (bicyclic) bond motifs is 1. The van der Waals surface area contributed by atoms with E-state index in [1.54, 1.807) is 60.7 Å². The summed E-state index contributed by atoms with van der Waals surface area (Å²) in [5.41, 5.74) is 3.77. The molecule has 0 spiro atoms. The van der Waals surface area contributed by atoms with Gasteiger partial charge in [0, 0.05) is 16.1 Å². The van der Waals surface area contributed by atoms with Gasteiger partial charge in [0.15, 0.2) is 0 Å². The first-order valence-corrected chi connectivity index (χ1v) is 10.7. The minimum atomic E-state index is -1.02. The van der Waals surface area contributed by atoms with Gasteiger partial charge in [-0.3, -0.25) is 19.8 Å². The number of carbonyl (C=O) groups excluding carboxylic acids is 3. The Morgan fingerprint density at radius 2 is 1.52 bits per heavy atom. The molecule has 0 bridgehead atoms. The predicted molar refractivity (Wildman–Crippen MR) is 131 cm³/mol. The molecular formula is C23H15Cl3N4O3. The molecule has 3 N–H and O–H groups in total. The number of carbonyl (C=O) groups is 3. The molecule has 0 radical (unpaired) electrons. The van der Waals surface area contributed by atoms with Gasteiger partial charge in [-0.2, -0.15) is 0 Å². The molecule has 166 valence electrons. The second-order valence-electron chi connectivity index (χ2n) is 6.88. The fraction of sp³-hybridized carbons (Fsp3) is 0. The highest BCUT2D eigenvalue weighted by Crippen LogP contribution is 2.29. The van der Waals surface area contributed by atoms with Gasteiger partial charge in [0.05, 0.1) is 21.2 Å². The number of benzene rings is 3. The number of aromatic nitrogens is 1. The molecule has 0 aliphatic carbocycles. The molecule has 33 heavy (non-hydrogen) atoms. The van der Waals surface area contributed by atoms with E-state index in [1.807, 2.05) is 6.07 Å². The molecule has 0 aliphatic heterocycles. The Kier molecular flexibility index (Phi) is 6.55. The number of hydrogen-bond acceptors (Lipinski definition) is 3. The van der Waals surface area contributed by atoms with Crippen LogP contribution in [0.4, 0.5) is 11.4 Å². The van der Waals surface area contributed by atoms with Gasteiger partial charge in [-0.1, -0.05) is 59.1 Å². The first kappa shape index (κ1) is 22.7. The zero-order valence-corrected chi connectivity index (χ0v) is 19.0. The summed E-state index contributed by atoms with van der Waals surface area (Å²) in [6.45, 7) is 0. The molecule has 3 aromatic carbocycles. The zero-order valence-electron chi connectivity index (χ0n) is 16.7. The number of anilines is 2. The Bertz CT molecular complexity index is 1390. The second-order valence-corrected chi connectivity index (χ2v) is 8.11. The van der Waals surface area contributed by atoms with Crippen LogP contribution in [0.3, 0.4) is 0 Å². The van der Waals surface area contributed by atoms with Crippen molar-refractivity contribution in [2.45, 2.75) is 0 Å². The van der Waals surface area contributed by atoms with Gasteiger partial charge in [0.1, 0.15) is 5.69 Å². The molecule has 0 fully saturated rings. The maximum absolute atomic E-state index is 13.0. The zero-order chi connectivity index (χ0) is 23.5. The van der Waals surface area contributed by atoms with E-state index in [9.17, 15) is 14.4 Å². The van der Waals surface area contributed by atoms with Gasteiger partial charge >= 0.3 is 11.8 Å². The van der Waals surface area contributed by atoms with Crippen molar-refractivity contribution in [1.29, 1.82) is 0 Å². The van der Waals surface area contributed by atoms with Crippen LogP contribution in [0.5, 0.6) is 0 Å². The lowest BCUT2D eigenvalue weighted by Crippen LogP contribution is -2.36. The normalized spacial score (nSPS) is 10.6. The first-order valence-electron chi connectivity index (χ1n) is 9.57. The molecule has 0 saturated carbocycles. The average molecular weight is 502 g/mol. The van der Waals surface area contributed by atoms with E-state index < -0.39 is 17.7 Å². The molecule has 4 rings (SSSR count). The number of halogens is 3. The molecule has 3 amide bonds. The molecule has 0 saturated heterocycles. The van der Waals surface area contributed by atoms with Crippen LogP contribution >= 0.6 is 34.8 Å². The highest BCUT2D eigenvalue weighted by molar-refractivity contribution is 6.46. The van der Waals surface area contributed by atoms with E-state index in [1.165, 1.54) is 10.7 Å². The number of hydrogen-bond donors (Lipinski definition) is 3. The molecule has 1 aromatic heterocycles. The summed E-state index contributed by atoms with van der Waals surface area (Å²) < 4.78 is 1.23. The van der Waals surface area contributed by atoms with Crippen LogP contribution in [0.2, 0.25) is 15.1 Å². The standard InChI is InChI=1S/C23H15Cl3N4O3/c24-14-9-10-18-13(11-14)12-19(21(31)27-15-5-2-1-3-6-15)30(18)29-23(33)22(32)28-17-8-4-7-16(25)20(17)26/h1-12H,(H,27,31)(H,28,32)(H,29,33). The number of rotatable bonds is 4. The number of nitrogens with zero attached hydrogens (tertiary/aromatic N) is 1. The Balaban J connectivity index is 1.63. The largest absolute Gasteiger partial charge is 0.328 e. The van der Waals surface area contributed by atoms with Gasteiger partial charge in [-0.05, 0) is 48.5 Å². The van der Waals surface area contributed by atoms with Crippen molar-refractivity contribution in [3.05, 3.63) is 93.6 Å². The van der Waals surface area contributed by atoms with Gasteiger partial charge in [0.25, 0.3) is 5.91 Å². The third kappa shape index (κ3) is 4.96. The van der Waals surface area contributed by atoms with Gasteiger partial charge < -0.3 is 10.6 Å². The van der Waals surface area contributed by atoms with Crippen LogP contribution in [0.25, 0.3) is 10.9 Å². The van der Waals surface area contributed by atoms with E-state index in [4.69, 9.17) is 34.8 Å². The lowest BCUT2D eigenvalue weighted by molar-refractivity contribution is -0.133. The minimum Gasteiger partial charge on any atom is -0.321 e. The molecule has 1 heterocycles. The minimum absolute atomic E-state index is 0.0954. The molecule has 7 nitrogen and oxygen atoms in total. The quantitative estimate of drug-likeness (QED) is 0.320. The summed E-state index contributed by atoms with van der Waals surface area (Å²) in [4.78, 5) is 38.1. The Labute approximate surface area is 203 Å². The van der Waals surface area contributed by atoms with Crippen LogP contribution in [0.1, 0.15) is 10.5 Å². The third-order valence-corrected chi connectivity index (χ3v) is 5.70. The highest BCUT2D eigenvalue weighted by atomic mass is 35.5. The summed E-state index contributed by atoms with van der Waals surface area (Å²) >= 11 is 18.1. The van der Waals surface area contributed by atoms with Gasteiger partial charge in [-0.15, -0.1) is 0 Å². The fourth-order valence-electron chi connectivity index (χ4n) is 3.12. The van der Waals surface area contributed by atoms with E-state index in [0.29, 0.717) is 21.6 Å². The van der Waals surface area contributed by atoms with Crippen LogP contribution in [-0.4, -0.2) is 22.4 Å². The molecule has 0 atom stereocenters. The smallest absolute Gasteiger partial charge is 0.321 e. The molecule has 4 aromatic rings. The third-order valence-electron chi connectivity index (χ3n) is 4.65. The summed E-state index contributed by atoms with van der Waals surface area (Å²) in [5.74, 6) is -2.51. The summed E-state index contributed by atoms with van der Waals surface area (Å²) in [6, 6.07) is 19.9. The number of nitrogens with one attached hydrogen (secondary N) is 3. The SMILES string of the molecule is O=C(Nc1cccc(Cl)c1Cl)C(=O)Nn1c(C(=O)Nc2ccccc2)cc2cc(Cl)ccc21. The van der Waals surface area contributed by atoms with Crippen molar-refractivity contribution in [2.75, 3.05) is 16.1 Å².